The summed E-state index contributed by atoms with van der Waals surface area (Å²) in [5.74, 6) is 0.432. The molecule has 2 aliphatic rings. The lowest BCUT2D eigenvalue weighted by Crippen LogP contribution is -2.33. The van der Waals surface area contributed by atoms with Gasteiger partial charge in [0, 0.05) is 25.6 Å². The Kier molecular flexibility index (Phi) is 20.4. The molecule has 4 amide bonds. The molecule has 59 heavy (non-hydrogen) atoms. The van der Waals surface area contributed by atoms with Gasteiger partial charge in [-0.25, -0.2) is 9.59 Å². The Morgan fingerprint density at radius 2 is 1.03 bits per heavy atom. The van der Waals surface area contributed by atoms with Gasteiger partial charge in [-0.1, -0.05) is 130 Å². The van der Waals surface area contributed by atoms with Crippen molar-refractivity contribution in [1.82, 2.24) is 15.5 Å². The van der Waals surface area contributed by atoms with Crippen molar-refractivity contribution >= 4 is 24.0 Å². The number of rotatable bonds is 12. The van der Waals surface area contributed by atoms with Crippen molar-refractivity contribution < 1.29 is 28.7 Å². The largest absolute Gasteiger partial charge is 0.449 e. The number of benzene rings is 3. The number of carbonyl (C=O) groups excluding carboxylic acids is 4. The fourth-order valence-electron chi connectivity index (χ4n) is 6.68. The zero-order valence-corrected chi connectivity index (χ0v) is 38.6. The molecule has 0 saturated carbocycles. The lowest BCUT2D eigenvalue weighted by molar-refractivity contribution is 0.0524. The van der Waals surface area contributed by atoms with E-state index in [4.69, 9.17) is 9.47 Å². The Morgan fingerprint density at radius 1 is 0.627 bits per heavy atom. The summed E-state index contributed by atoms with van der Waals surface area (Å²) in [7, 11) is 0. The highest BCUT2D eigenvalue weighted by Crippen LogP contribution is 2.44. The van der Waals surface area contributed by atoms with Gasteiger partial charge in [-0.2, -0.15) is 0 Å². The highest BCUT2D eigenvalue weighted by molar-refractivity contribution is 6.21. The summed E-state index contributed by atoms with van der Waals surface area (Å²) in [4.78, 5) is 48.6. The van der Waals surface area contributed by atoms with Gasteiger partial charge in [0.2, 0.25) is 0 Å². The van der Waals surface area contributed by atoms with E-state index in [1.54, 1.807) is 24.3 Å². The van der Waals surface area contributed by atoms with Gasteiger partial charge in [0.25, 0.3) is 11.8 Å². The quantitative estimate of drug-likeness (QED) is 0.139. The minimum atomic E-state index is -0.409. The zero-order chi connectivity index (χ0) is 44.4. The van der Waals surface area contributed by atoms with Crippen LogP contribution in [-0.2, 0) is 9.47 Å². The van der Waals surface area contributed by atoms with Crippen LogP contribution in [0, 0.1) is 16.7 Å². The van der Waals surface area contributed by atoms with Gasteiger partial charge in [0.15, 0.2) is 0 Å². The number of imide groups is 1. The van der Waals surface area contributed by atoms with E-state index in [9.17, 15) is 19.2 Å². The molecule has 5 rings (SSSR count). The van der Waals surface area contributed by atoms with E-state index in [0.717, 1.165) is 38.5 Å². The highest BCUT2D eigenvalue weighted by Gasteiger charge is 2.34. The normalized spacial score (nSPS) is 13.1. The second-order valence-electron chi connectivity index (χ2n) is 18.9. The number of amides is 4. The molecule has 0 aromatic heterocycles. The second kappa shape index (κ2) is 23.8. The SMILES string of the molecule is CC.CC(C)(C)CCCNC(=O)OC(C)(C)C.CC(C)(C)CCCNC(=O)OCC1c2ccccc2-c2ccccc21.CC(C)CCCN1C(=O)c2ccccc2C1=O. The van der Waals surface area contributed by atoms with Crippen molar-refractivity contribution in [3.05, 3.63) is 95.1 Å². The van der Waals surface area contributed by atoms with Crippen LogP contribution in [0.3, 0.4) is 0 Å². The molecule has 0 unspecified atom stereocenters. The van der Waals surface area contributed by atoms with E-state index >= 15 is 0 Å². The van der Waals surface area contributed by atoms with E-state index in [2.05, 4.69) is 102 Å². The topological polar surface area (TPSA) is 114 Å². The summed E-state index contributed by atoms with van der Waals surface area (Å²) in [5, 5.41) is 5.62. The molecular weight excluding hydrogens is 739 g/mol. The van der Waals surface area contributed by atoms with Crippen LogP contribution in [-0.4, -0.2) is 60.7 Å². The van der Waals surface area contributed by atoms with Crippen LogP contribution in [0.4, 0.5) is 9.59 Å². The fraction of sp³-hybridized carbons (Fsp3) is 0.560. The lowest BCUT2D eigenvalue weighted by Gasteiger charge is -2.21. The number of nitrogens with zero attached hydrogens (tertiary/aromatic N) is 1. The Hall–Kier alpha value is -4.66. The minimum Gasteiger partial charge on any atom is -0.449 e. The Morgan fingerprint density at radius 3 is 1.44 bits per heavy atom. The molecule has 0 spiro atoms. The third-order valence-electron chi connectivity index (χ3n) is 9.53. The molecular formula is C50H75N3O6. The number of fused-ring (bicyclic) bond motifs is 4. The molecule has 326 valence electrons. The molecule has 0 bridgehead atoms. The molecule has 0 atom stereocenters. The summed E-state index contributed by atoms with van der Waals surface area (Å²) in [6.07, 6.45) is 5.40. The molecule has 1 aliphatic carbocycles. The van der Waals surface area contributed by atoms with Crippen LogP contribution in [0.2, 0.25) is 0 Å². The maximum atomic E-state index is 12.0. The minimum absolute atomic E-state index is 0.118. The molecule has 0 radical (unpaired) electrons. The van der Waals surface area contributed by atoms with Crippen molar-refractivity contribution in [3.63, 3.8) is 0 Å². The van der Waals surface area contributed by atoms with E-state index in [1.165, 1.54) is 27.2 Å². The Labute approximate surface area is 356 Å². The zero-order valence-electron chi connectivity index (χ0n) is 38.6. The third-order valence-corrected chi connectivity index (χ3v) is 9.53. The highest BCUT2D eigenvalue weighted by atomic mass is 16.6. The first-order chi connectivity index (χ1) is 27.7. The molecule has 3 aromatic carbocycles. The van der Waals surface area contributed by atoms with Gasteiger partial charge in [-0.3, -0.25) is 14.5 Å². The number of hydrogen-bond acceptors (Lipinski definition) is 6. The van der Waals surface area contributed by atoms with Crippen LogP contribution in [0.5, 0.6) is 0 Å². The fourth-order valence-corrected chi connectivity index (χ4v) is 6.68. The average Bonchev–Trinajstić information content (AvgIpc) is 3.61. The van der Waals surface area contributed by atoms with Crippen LogP contribution in [0.1, 0.15) is 166 Å². The molecule has 9 heteroatoms. The van der Waals surface area contributed by atoms with E-state index in [1.807, 2.05) is 46.8 Å². The summed E-state index contributed by atoms with van der Waals surface area (Å²) >= 11 is 0. The van der Waals surface area contributed by atoms with Crippen LogP contribution < -0.4 is 10.6 Å². The first kappa shape index (κ1) is 50.5. The molecule has 3 aromatic rings. The maximum absolute atomic E-state index is 12.0. The summed E-state index contributed by atoms with van der Waals surface area (Å²) < 4.78 is 10.6. The van der Waals surface area contributed by atoms with E-state index < -0.39 is 5.60 Å². The number of ether oxygens (including phenoxy) is 2. The van der Waals surface area contributed by atoms with Crippen molar-refractivity contribution in [3.8, 4) is 11.1 Å². The number of carbonyl (C=O) groups is 4. The predicted molar refractivity (Wildman–Crippen MR) is 242 cm³/mol. The van der Waals surface area contributed by atoms with Gasteiger partial charge >= 0.3 is 12.2 Å². The summed E-state index contributed by atoms with van der Waals surface area (Å²) in [6, 6.07) is 23.8. The molecule has 0 saturated heterocycles. The first-order valence-electron chi connectivity index (χ1n) is 21.7. The number of hydrogen-bond donors (Lipinski definition) is 2. The lowest BCUT2D eigenvalue weighted by atomic mass is 9.91. The molecule has 1 heterocycles. The average molecular weight is 814 g/mol. The molecule has 1 aliphatic heterocycles. The second-order valence-corrected chi connectivity index (χ2v) is 18.9. The van der Waals surface area contributed by atoms with Gasteiger partial charge in [-0.15, -0.1) is 0 Å². The van der Waals surface area contributed by atoms with E-state index in [0.29, 0.717) is 54.1 Å². The van der Waals surface area contributed by atoms with Crippen molar-refractivity contribution in [2.24, 2.45) is 16.7 Å². The number of nitrogens with one attached hydrogen (secondary N) is 2. The Balaban J connectivity index is 0.000000312. The maximum Gasteiger partial charge on any atom is 0.407 e. The van der Waals surface area contributed by atoms with Gasteiger partial charge in [-0.05, 0) is 110 Å². The van der Waals surface area contributed by atoms with Gasteiger partial charge < -0.3 is 20.1 Å². The monoisotopic (exact) mass is 814 g/mol. The first-order valence-corrected chi connectivity index (χ1v) is 21.7. The molecule has 0 fully saturated rings. The third kappa shape index (κ3) is 18.0. The van der Waals surface area contributed by atoms with Crippen molar-refractivity contribution in [1.29, 1.82) is 0 Å². The standard InChI is InChI=1S/C22H27NO2.C14H17NO2.C12H25NO2.C2H6/c1-22(2,3)13-8-14-23-21(24)25-15-20-18-11-6-4-9-16(18)17-10-5-7-12-19(17)20;1-10(2)6-5-9-15-13(16)11-7-3-4-8-12(11)14(15)17;1-11(2,3)8-7-9-13-10(14)15-12(4,5)6;1-2/h4-7,9-12,20H,8,13-15H2,1-3H3,(H,23,24);3-4,7-8,10H,5-6,9H2,1-2H3;7-9H2,1-6H3,(H,13,14);1-2H3. The molecule has 2 N–H and O–H groups in total. The predicted octanol–water partition coefficient (Wildman–Crippen LogP) is 12.4. The van der Waals surface area contributed by atoms with Gasteiger partial charge in [0.1, 0.15) is 12.2 Å². The van der Waals surface area contributed by atoms with Crippen LogP contribution in [0.15, 0.2) is 72.8 Å². The van der Waals surface area contributed by atoms with Crippen molar-refractivity contribution in [2.45, 2.75) is 140 Å². The van der Waals surface area contributed by atoms with Gasteiger partial charge in [0.05, 0.1) is 11.1 Å². The summed E-state index contributed by atoms with van der Waals surface area (Å²) in [5.41, 5.74) is 6.28. The van der Waals surface area contributed by atoms with E-state index in [-0.39, 0.29) is 29.9 Å². The van der Waals surface area contributed by atoms with Crippen LogP contribution in [0.25, 0.3) is 11.1 Å². The Bertz CT molecular complexity index is 1700. The number of alkyl carbamates (subject to hydrolysis) is 2. The molecule has 9 nitrogen and oxygen atoms in total. The van der Waals surface area contributed by atoms with Crippen molar-refractivity contribution in [2.75, 3.05) is 26.2 Å². The summed E-state index contributed by atoms with van der Waals surface area (Å²) in [6.45, 7) is 29.3. The van der Waals surface area contributed by atoms with Crippen LogP contribution >= 0.6 is 0 Å². The smallest absolute Gasteiger partial charge is 0.407 e.